The summed E-state index contributed by atoms with van der Waals surface area (Å²) in [6.07, 6.45) is 3.99. The number of nitrogens with zero attached hydrogens (tertiary/aromatic N) is 4. The highest BCUT2D eigenvalue weighted by Gasteiger charge is 2.19. The van der Waals surface area contributed by atoms with Crippen LogP contribution in [-0.4, -0.2) is 60.7 Å². The van der Waals surface area contributed by atoms with Gasteiger partial charge in [-0.1, -0.05) is 12.1 Å². The zero-order valence-electron chi connectivity index (χ0n) is 15.4. The van der Waals surface area contributed by atoms with Gasteiger partial charge in [-0.15, -0.1) is 0 Å². The third kappa shape index (κ3) is 3.90. The number of anilines is 2. The molecule has 2 aromatic rings. The number of fused-ring (bicyclic) bond motifs is 1. The third-order valence-corrected chi connectivity index (χ3v) is 5.14. The molecular formula is C20H27N5O. The maximum atomic E-state index is 5.59. The van der Waals surface area contributed by atoms with E-state index in [1.807, 2.05) is 12.3 Å². The fourth-order valence-electron chi connectivity index (χ4n) is 3.65. The predicted molar refractivity (Wildman–Crippen MR) is 104 cm³/mol. The molecule has 4 rings (SSSR count). The Bertz CT molecular complexity index is 743. The van der Waals surface area contributed by atoms with Crippen molar-refractivity contribution in [1.82, 2.24) is 14.9 Å². The van der Waals surface area contributed by atoms with Crippen molar-refractivity contribution in [2.24, 2.45) is 0 Å². The van der Waals surface area contributed by atoms with E-state index in [1.54, 1.807) is 0 Å². The molecule has 0 amide bonds. The number of hydrogen-bond acceptors (Lipinski definition) is 6. The van der Waals surface area contributed by atoms with Gasteiger partial charge in [0.15, 0.2) is 0 Å². The Balaban J connectivity index is 1.28. The molecule has 3 heterocycles. The molecule has 6 heteroatoms. The average molecular weight is 353 g/mol. The Morgan fingerprint density at radius 3 is 2.88 bits per heavy atom. The maximum Gasteiger partial charge on any atom is 0.224 e. The number of benzene rings is 1. The first-order valence-electron chi connectivity index (χ1n) is 9.60. The monoisotopic (exact) mass is 353 g/mol. The number of hydrogen-bond donors (Lipinski definition) is 1. The van der Waals surface area contributed by atoms with Gasteiger partial charge in [0.2, 0.25) is 5.95 Å². The van der Waals surface area contributed by atoms with Crippen molar-refractivity contribution in [3.8, 4) is 5.75 Å². The lowest BCUT2D eigenvalue weighted by Gasteiger charge is -2.35. The van der Waals surface area contributed by atoms with E-state index < -0.39 is 0 Å². The van der Waals surface area contributed by atoms with Crippen molar-refractivity contribution < 1.29 is 4.74 Å². The van der Waals surface area contributed by atoms with E-state index >= 15 is 0 Å². The van der Waals surface area contributed by atoms with Gasteiger partial charge in [-0.3, -0.25) is 4.90 Å². The Hall–Kier alpha value is -2.34. The summed E-state index contributed by atoms with van der Waals surface area (Å²) in [6, 6.07) is 8.67. The van der Waals surface area contributed by atoms with Crippen LogP contribution in [0.4, 0.5) is 11.8 Å². The van der Waals surface area contributed by atoms with Gasteiger partial charge in [-0.2, -0.15) is 4.98 Å². The minimum atomic E-state index is 0.716. The summed E-state index contributed by atoms with van der Waals surface area (Å²) in [5, 5.41) is 3.18. The fraction of sp³-hybridized carbons (Fsp3) is 0.500. The molecule has 0 aliphatic carbocycles. The number of ether oxygens (including phenoxy) is 1. The molecule has 1 N–H and O–H groups in total. The van der Waals surface area contributed by atoms with Gasteiger partial charge in [-0.05, 0) is 36.6 Å². The first-order valence-corrected chi connectivity index (χ1v) is 9.60. The molecule has 1 aromatic carbocycles. The summed E-state index contributed by atoms with van der Waals surface area (Å²) in [4.78, 5) is 13.8. The number of nitrogens with one attached hydrogen (secondary N) is 1. The van der Waals surface area contributed by atoms with E-state index in [0.29, 0.717) is 5.95 Å². The minimum Gasteiger partial charge on any atom is -0.493 e. The molecule has 0 bridgehead atoms. The smallest absolute Gasteiger partial charge is 0.224 e. The van der Waals surface area contributed by atoms with E-state index in [1.165, 1.54) is 11.1 Å². The number of rotatable bonds is 6. The minimum absolute atomic E-state index is 0.716. The Kier molecular flexibility index (Phi) is 5.20. The Labute approximate surface area is 155 Å². The van der Waals surface area contributed by atoms with E-state index in [0.717, 1.165) is 70.3 Å². The second-order valence-electron chi connectivity index (χ2n) is 6.89. The van der Waals surface area contributed by atoms with Crippen LogP contribution in [0.15, 0.2) is 30.5 Å². The summed E-state index contributed by atoms with van der Waals surface area (Å²) in [5.41, 5.74) is 2.79. The van der Waals surface area contributed by atoms with Crippen LogP contribution < -0.4 is 15.0 Å². The molecule has 2 aliphatic rings. The second kappa shape index (κ2) is 7.91. The van der Waals surface area contributed by atoms with Crippen LogP contribution in [0.3, 0.4) is 0 Å². The number of aromatic nitrogens is 2. The summed E-state index contributed by atoms with van der Waals surface area (Å²) in [5.74, 6) is 2.81. The third-order valence-electron chi connectivity index (χ3n) is 5.14. The van der Waals surface area contributed by atoms with Gasteiger partial charge < -0.3 is 15.0 Å². The van der Waals surface area contributed by atoms with Crippen LogP contribution in [-0.2, 0) is 12.8 Å². The highest BCUT2D eigenvalue weighted by atomic mass is 16.5. The highest BCUT2D eigenvalue weighted by Crippen LogP contribution is 2.26. The van der Waals surface area contributed by atoms with Gasteiger partial charge in [0, 0.05) is 51.9 Å². The standard InChI is InChI=1S/C20H27N5O/c1-2-21-20-22-8-5-19(23-20)25-12-10-24(11-13-25)9-6-16-3-4-18-17(15-16)7-14-26-18/h3-5,8,15H,2,6-7,9-14H2,1H3,(H,21,22,23). The molecule has 1 saturated heterocycles. The quantitative estimate of drug-likeness (QED) is 0.859. The van der Waals surface area contributed by atoms with Crippen LogP contribution in [0.2, 0.25) is 0 Å². The van der Waals surface area contributed by atoms with Gasteiger partial charge in [0.1, 0.15) is 11.6 Å². The van der Waals surface area contributed by atoms with Crippen molar-refractivity contribution in [2.75, 3.05) is 56.1 Å². The van der Waals surface area contributed by atoms with E-state index in [4.69, 9.17) is 4.74 Å². The molecule has 138 valence electrons. The fourth-order valence-corrected chi connectivity index (χ4v) is 3.65. The van der Waals surface area contributed by atoms with Crippen LogP contribution >= 0.6 is 0 Å². The molecule has 26 heavy (non-hydrogen) atoms. The molecule has 1 aromatic heterocycles. The number of piperazine rings is 1. The second-order valence-corrected chi connectivity index (χ2v) is 6.89. The zero-order valence-corrected chi connectivity index (χ0v) is 15.4. The SMILES string of the molecule is CCNc1nccc(N2CCN(CCc3ccc4c(c3)CCO4)CC2)n1. The Morgan fingerprint density at radius 2 is 2.04 bits per heavy atom. The summed E-state index contributed by atoms with van der Waals surface area (Å²) in [6.45, 7) is 9.03. The van der Waals surface area contributed by atoms with Crippen LogP contribution in [0.5, 0.6) is 5.75 Å². The molecule has 1 fully saturated rings. The van der Waals surface area contributed by atoms with Crippen molar-refractivity contribution in [3.05, 3.63) is 41.6 Å². The van der Waals surface area contributed by atoms with E-state index in [-0.39, 0.29) is 0 Å². The summed E-state index contributed by atoms with van der Waals surface area (Å²) < 4.78 is 5.59. The van der Waals surface area contributed by atoms with Crippen molar-refractivity contribution in [1.29, 1.82) is 0 Å². The average Bonchev–Trinajstić information content (AvgIpc) is 3.15. The lowest BCUT2D eigenvalue weighted by molar-refractivity contribution is 0.260. The topological polar surface area (TPSA) is 53.5 Å². The van der Waals surface area contributed by atoms with Crippen molar-refractivity contribution in [2.45, 2.75) is 19.8 Å². The van der Waals surface area contributed by atoms with E-state index in [2.05, 4.69) is 50.2 Å². The lowest BCUT2D eigenvalue weighted by atomic mass is 10.1. The van der Waals surface area contributed by atoms with Gasteiger partial charge in [0.05, 0.1) is 6.61 Å². The molecular weight excluding hydrogens is 326 g/mol. The normalized spacial score (nSPS) is 17.0. The molecule has 6 nitrogen and oxygen atoms in total. The first-order chi connectivity index (χ1) is 12.8. The van der Waals surface area contributed by atoms with Crippen molar-refractivity contribution >= 4 is 11.8 Å². The predicted octanol–water partition coefficient (Wildman–Crippen LogP) is 2.21. The summed E-state index contributed by atoms with van der Waals surface area (Å²) in [7, 11) is 0. The maximum absolute atomic E-state index is 5.59. The van der Waals surface area contributed by atoms with Gasteiger partial charge in [-0.25, -0.2) is 4.98 Å². The van der Waals surface area contributed by atoms with Gasteiger partial charge >= 0.3 is 0 Å². The van der Waals surface area contributed by atoms with Crippen LogP contribution in [0.1, 0.15) is 18.1 Å². The van der Waals surface area contributed by atoms with Crippen LogP contribution in [0.25, 0.3) is 0 Å². The highest BCUT2D eigenvalue weighted by molar-refractivity contribution is 5.43. The summed E-state index contributed by atoms with van der Waals surface area (Å²) >= 11 is 0. The molecule has 0 unspecified atom stereocenters. The Morgan fingerprint density at radius 1 is 1.15 bits per heavy atom. The largest absolute Gasteiger partial charge is 0.493 e. The molecule has 0 radical (unpaired) electrons. The van der Waals surface area contributed by atoms with Crippen molar-refractivity contribution in [3.63, 3.8) is 0 Å². The van der Waals surface area contributed by atoms with Crippen LogP contribution in [0, 0.1) is 0 Å². The first kappa shape index (κ1) is 17.1. The molecule has 0 saturated carbocycles. The molecule has 0 spiro atoms. The zero-order chi connectivity index (χ0) is 17.8. The van der Waals surface area contributed by atoms with Gasteiger partial charge in [0.25, 0.3) is 0 Å². The molecule has 0 atom stereocenters. The lowest BCUT2D eigenvalue weighted by Crippen LogP contribution is -2.47. The molecule has 2 aliphatic heterocycles. The van der Waals surface area contributed by atoms with E-state index in [9.17, 15) is 0 Å².